The summed E-state index contributed by atoms with van der Waals surface area (Å²) in [6, 6.07) is 13.7. The van der Waals surface area contributed by atoms with Crippen LogP contribution in [0.4, 0.5) is 0 Å². The first-order valence-corrected chi connectivity index (χ1v) is 12.1. The Morgan fingerprint density at radius 2 is 1.82 bits per heavy atom. The van der Waals surface area contributed by atoms with Gasteiger partial charge in [0.2, 0.25) is 5.91 Å². The topological polar surface area (TPSA) is 88.6 Å². The van der Waals surface area contributed by atoms with Crippen LogP contribution in [0.25, 0.3) is 11.0 Å². The van der Waals surface area contributed by atoms with Crippen molar-refractivity contribution in [2.24, 2.45) is 5.92 Å². The van der Waals surface area contributed by atoms with Gasteiger partial charge >= 0.3 is 5.69 Å². The van der Waals surface area contributed by atoms with E-state index in [4.69, 9.17) is 9.47 Å². The quantitative estimate of drug-likeness (QED) is 0.585. The van der Waals surface area contributed by atoms with Gasteiger partial charge in [0.25, 0.3) is 0 Å². The highest BCUT2D eigenvalue weighted by molar-refractivity contribution is 5.78. The summed E-state index contributed by atoms with van der Waals surface area (Å²) in [4.78, 5) is 30.6. The number of imidazole rings is 1. The summed E-state index contributed by atoms with van der Waals surface area (Å²) in [5.41, 5.74) is 2.78. The molecular formula is C26H32N4O4. The standard InChI is InChI=1S/C26H32N4O4/c1-17(2)25(18-7-8-22-23(15-18)34-14-13-33-22)28-24(31)16-29-11-9-19(10-12-29)30-21-6-4-3-5-20(21)27-26(30)32/h3-8,15,17,19,25H,9-14,16H2,1-2H3,(H,27,32)(H,28,31). The number of nitrogens with one attached hydrogen (secondary N) is 2. The molecule has 2 aliphatic rings. The van der Waals surface area contributed by atoms with Gasteiger partial charge in [0.15, 0.2) is 11.5 Å². The average Bonchev–Trinajstić information content (AvgIpc) is 3.18. The second-order valence-electron chi connectivity index (χ2n) is 9.52. The predicted octanol–water partition coefficient (Wildman–Crippen LogP) is 3.25. The molecule has 0 saturated carbocycles. The van der Waals surface area contributed by atoms with Crippen molar-refractivity contribution in [3.05, 3.63) is 58.5 Å². The minimum Gasteiger partial charge on any atom is -0.486 e. The zero-order valence-corrected chi connectivity index (χ0v) is 19.8. The van der Waals surface area contributed by atoms with Crippen LogP contribution in [0.1, 0.15) is 44.3 Å². The fourth-order valence-corrected chi connectivity index (χ4v) is 5.08. The van der Waals surface area contributed by atoms with E-state index in [0.717, 1.165) is 54.0 Å². The third-order valence-corrected chi connectivity index (χ3v) is 6.82. The van der Waals surface area contributed by atoms with Gasteiger partial charge in [-0.2, -0.15) is 0 Å². The Morgan fingerprint density at radius 1 is 1.09 bits per heavy atom. The van der Waals surface area contributed by atoms with Gasteiger partial charge in [0.1, 0.15) is 13.2 Å². The number of likely N-dealkylation sites (tertiary alicyclic amines) is 1. The molecule has 1 amide bonds. The van der Waals surface area contributed by atoms with Crippen molar-refractivity contribution in [3.8, 4) is 11.5 Å². The molecule has 5 rings (SSSR count). The fourth-order valence-electron chi connectivity index (χ4n) is 5.08. The lowest BCUT2D eigenvalue weighted by Crippen LogP contribution is -2.44. The van der Waals surface area contributed by atoms with Crippen molar-refractivity contribution in [1.82, 2.24) is 19.8 Å². The smallest absolute Gasteiger partial charge is 0.326 e. The maximum Gasteiger partial charge on any atom is 0.326 e. The van der Waals surface area contributed by atoms with E-state index in [9.17, 15) is 9.59 Å². The summed E-state index contributed by atoms with van der Waals surface area (Å²) in [5.74, 6) is 1.72. The van der Waals surface area contributed by atoms with Gasteiger partial charge < -0.3 is 19.8 Å². The molecule has 1 atom stereocenters. The highest BCUT2D eigenvalue weighted by Crippen LogP contribution is 2.34. The van der Waals surface area contributed by atoms with E-state index in [0.29, 0.717) is 19.8 Å². The van der Waals surface area contributed by atoms with Crippen molar-refractivity contribution in [2.75, 3.05) is 32.8 Å². The zero-order valence-electron chi connectivity index (χ0n) is 19.8. The lowest BCUT2D eigenvalue weighted by molar-refractivity contribution is -0.123. The lowest BCUT2D eigenvalue weighted by Gasteiger charge is -2.33. The van der Waals surface area contributed by atoms with Crippen LogP contribution in [-0.2, 0) is 4.79 Å². The Hall–Kier alpha value is -3.26. The largest absolute Gasteiger partial charge is 0.486 e. The van der Waals surface area contributed by atoms with E-state index in [1.54, 1.807) is 0 Å². The van der Waals surface area contributed by atoms with E-state index in [1.807, 2.05) is 47.0 Å². The zero-order chi connectivity index (χ0) is 23.7. The highest BCUT2D eigenvalue weighted by atomic mass is 16.6. The number of carbonyl (C=O) groups is 1. The van der Waals surface area contributed by atoms with E-state index in [1.165, 1.54) is 0 Å². The SMILES string of the molecule is CC(C)C(NC(=O)CN1CCC(n2c(=O)[nH]c3ccccc32)CC1)c1ccc2c(c1)OCCO2. The molecule has 8 heteroatoms. The van der Waals surface area contributed by atoms with Crippen molar-refractivity contribution < 1.29 is 14.3 Å². The molecule has 0 aliphatic carbocycles. The van der Waals surface area contributed by atoms with E-state index < -0.39 is 0 Å². The maximum atomic E-state index is 13.0. The fraction of sp³-hybridized carbons (Fsp3) is 0.462. The summed E-state index contributed by atoms with van der Waals surface area (Å²) < 4.78 is 13.2. The van der Waals surface area contributed by atoms with Gasteiger partial charge in [-0.05, 0) is 48.6 Å². The molecule has 8 nitrogen and oxygen atoms in total. The monoisotopic (exact) mass is 464 g/mol. The van der Waals surface area contributed by atoms with Gasteiger partial charge in [-0.3, -0.25) is 14.3 Å². The number of amides is 1. The lowest BCUT2D eigenvalue weighted by atomic mass is 9.95. The summed E-state index contributed by atoms with van der Waals surface area (Å²) in [6.45, 7) is 7.21. The normalized spacial score (nSPS) is 17.7. The second-order valence-corrected chi connectivity index (χ2v) is 9.52. The number of fused-ring (bicyclic) bond motifs is 2. The third kappa shape index (κ3) is 4.55. The Bertz CT molecular complexity index is 1220. The molecule has 1 aromatic heterocycles. The van der Waals surface area contributed by atoms with Crippen LogP contribution < -0.4 is 20.5 Å². The van der Waals surface area contributed by atoms with Crippen molar-refractivity contribution >= 4 is 16.9 Å². The number of hydrogen-bond acceptors (Lipinski definition) is 5. The number of aromatic nitrogens is 2. The third-order valence-electron chi connectivity index (χ3n) is 6.82. The molecule has 0 bridgehead atoms. The van der Waals surface area contributed by atoms with Crippen LogP contribution in [0.5, 0.6) is 11.5 Å². The molecule has 2 N–H and O–H groups in total. The van der Waals surface area contributed by atoms with E-state index in [-0.39, 0.29) is 29.6 Å². The Morgan fingerprint density at radius 3 is 2.59 bits per heavy atom. The van der Waals surface area contributed by atoms with Crippen LogP contribution >= 0.6 is 0 Å². The molecule has 3 aromatic rings. The molecule has 0 spiro atoms. The molecule has 180 valence electrons. The molecular weight excluding hydrogens is 432 g/mol. The molecule has 2 aliphatic heterocycles. The molecule has 1 unspecified atom stereocenters. The Balaban J connectivity index is 1.20. The number of para-hydroxylation sites is 2. The minimum atomic E-state index is -0.106. The molecule has 1 saturated heterocycles. The van der Waals surface area contributed by atoms with Gasteiger partial charge in [-0.15, -0.1) is 0 Å². The number of carbonyl (C=O) groups excluding carboxylic acids is 1. The van der Waals surface area contributed by atoms with Crippen molar-refractivity contribution in [3.63, 3.8) is 0 Å². The Labute approximate surface area is 198 Å². The Kier molecular flexibility index (Phi) is 6.32. The second kappa shape index (κ2) is 9.54. The number of ether oxygens (including phenoxy) is 2. The van der Waals surface area contributed by atoms with Gasteiger partial charge in [0.05, 0.1) is 23.6 Å². The molecule has 1 fully saturated rings. The van der Waals surface area contributed by atoms with E-state index >= 15 is 0 Å². The minimum absolute atomic E-state index is 0.0105. The van der Waals surface area contributed by atoms with Crippen molar-refractivity contribution in [1.29, 1.82) is 0 Å². The highest BCUT2D eigenvalue weighted by Gasteiger charge is 2.26. The number of H-pyrrole nitrogens is 1. The van der Waals surface area contributed by atoms with Crippen LogP contribution in [0, 0.1) is 5.92 Å². The number of rotatable bonds is 6. The van der Waals surface area contributed by atoms with E-state index in [2.05, 4.69) is 29.0 Å². The van der Waals surface area contributed by atoms with Crippen molar-refractivity contribution in [2.45, 2.75) is 38.8 Å². The molecule has 2 aromatic carbocycles. The van der Waals surface area contributed by atoms with Crippen LogP contribution in [-0.4, -0.2) is 53.2 Å². The predicted molar refractivity (Wildman–Crippen MR) is 130 cm³/mol. The molecule has 0 radical (unpaired) electrons. The first kappa shape index (κ1) is 22.5. The average molecular weight is 465 g/mol. The van der Waals surface area contributed by atoms with Crippen LogP contribution in [0.3, 0.4) is 0 Å². The van der Waals surface area contributed by atoms with Crippen LogP contribution in [0.2, 0.25) is 0 Å². The summed E-state index contributed by atoms with van der Waals surface area (Å²) in [5, 5.41) is 3.22. The van der Waals surface area contributed by atoms with Gasteiger partial charge in [-0.1, -0.05) is 32.0 Å². The number of benzene rings is 2. The summed E-state index contributed by atoms with van der Waals surface area (Å²) in [6.07, 6.45) is 1.68. The number of nitrogens with zero attached hydrogens (tertiary/aromatic N) is 2. The summed E-state index contributed by atoms with van der Waals surface area (Å²) in [7, 11) is 0. The molecule has 3 heterocycles. The van der Waals surface area contributed by atoms with Crippen LogP contribution in [0.15, 0.2) is 47.3 Å². The molecule has 34 heavy (non-hydrogen) atoms. The summed E-state index contributed by atoms with van der Waals surface area (Å²) >= 11 is 0. The maximum absolute atomic E-state index is 13.0. The first-order chi connectivity index (χ1) is 16.5. The number of aromatic amines is 1. The number of piperidine rings is 1. The number of hydrogen-bond donors (Lipinski definition) is 2. The van der Waals surface area contributed by atoms with Gasteiger partial charge in [-0.25, -0.2) is 4.79 Å². The first-order valence-electron chi connectivity index (χ1n) is 12.1. The van der Waals surface area contributed by atoms with Gasteiger partial charge in [0, 0.05) is 19.1 Å².